The number of phenolic OH excluding ortho intramolecular Hbond substituents is 1. The molecular formula is C23H32FN3O3. The van der Waals surface area contributed by atoms with Gasteiger partial charge in [0.05, 0.1) is 5.69 Å². The van der Waals surface area contributed by atoms with E-state index in [1.54, 1.807) is 0 Å². The first-order valence-electron chi connectivity index (χ1n) is 10.8. The summed E-state index contributed by atoms with van der Waals surface area (Å²) in [4.78, 5) is 24.8. The molecule has 2 aliphatic rings. The maximum atomic E-state index is 13.6. The summed E-state index contributed by atoms with van der Waals surface area (Å²) < 4.78 is 13.6. The molecule has 2 atom stereocenters. The molecule has 0 aliphatic heterocycles. The Kier molecular flexibility index (Phi) is 7.00. The van der Waals surface area contributed by atoms with Crippen LogP contribution in [0.2, 0.25) is 0 Å². The van der Waals surface area contributed by atoms with Crippen molar-refractivity contribution in [3.63, 3.8) is 0 Å². The summed E-state index contributed by atoms with van der Waals surface area (Å²) in [5, 5.41) is 15.3. The monoisotopic (exact) mass is 417 g/mol. The highest BCUT2D eigenvalue weighted by Gasteiger charge is 2.28. The van der Waals surface area contributed by atoms with Gasteiger partial charge in [-0.1, -0.05) is 26.0 Å². The smallest absolute Gasteiger partial charge is 0.251 e. The van der Waals surface area contributed by atoms with Crippen molar-refractivity contribution in [2.24, 2.45) is 23.7 Å². The molecule has 3 rings (SSSR count). The number of benzene rings is 1. The Morgan fingerprint density at radius 1 is 1.20 bits per heavy atom. The summed E-state index contributed by atoms with van der Waals surface area (Å²) in [5.74, 6) is -0.239. The van der Waals surface area contributed by atoms with E-state index in [1.165, 1.54) is 6.07 Å². The van der Waals surface area contributed by atoms with E-state index in [-0.39, 0.29) is 35.0 Å². The maximum Gasteiger partial charge on any atom is 0.251 e. The molecule has 1 aromatic carbocycles. The molecule has 0 spiro atoms. The van der Waals surface area contributed by atoms with E-state index in [4.69, 9.17) is 5.73 Å². The standard InChI is InChI=1S/C23H32FN3O3/c1-13(2)15-4-6-16(7-5-15)22(29)26-12-14-3-8-18(9-14)27-23(30)17-10-19(24)21(28)20(25)11-17/h3,8,10-11,13-16,18,28H,4-7,9,12,25H2,1-2H3,(H,26,29)(H,27,30)/t14-,15?,16?,18+/m0/s1. The molecule has 0 heterocycles. The first kappa shape index (κ1) is 22.1. The molecule has 1 saturated carbocycles. The van der Waals surface area contributed by atoms with Crippen molar-refractivity contribution >= 4 is 17.5 Å². The minimum Gasteiger partial charge on any atom is -0.503 e. The number of nitrogen functional groups attached to an aromatic ring is 1. The maximum absolute atomic E-state index is 13.6. The molecule has 1 aromatic rings. The number of hydrogen-bond donors (Lipinski definition) is 4. The van der Waals surface area contributed by atoms with Crippen LogP contribution in [0.3, 0.4) is 0 Å². The van der Waals surface area contributed by atoms with Gasteiger partial charge in [-0.05, 0) is 62.0 Å². The quantitative estimate of drug-likeness (QED) is 0.324. The lowest BCUT2D eigenvalue weighted by atomic mass is 9.76. The molecular weight excluding hydrogens is 385 g/mol. The summed E-state index contributed by atoms with van der Waals surface area (Å²) in [5.41, 5.74) is 5.40. The Balaban J connectivity index is 1.42. The first-order valence-corrected chi connectivity index (χ1v) is 10.8. The molecule has 164 valence electrons. The van der Waals surface area contributed by atoms with Crippen molar-refractivity contribution in [3.8, 4) is 5.75 Å². The van der Waals surface area contributed by atoms with Crippen LogP contribution >= 0.6 is 0 Å². The minimum atomic E-state index is -0.926. The first-order chi connectivity index (χ1) is 14.2. The van der Waals surface area contributed by atoms with Gasteiger partial charge >= 0.3 is 0 Å². The number of carbonyl (C=O) groups excluding carboxylic acids is 2. The van der Waals surface area contributed by atoms with Gasteiger partial charge in [0.15, 0.2) is 11.6 Å². The summed E-state index contributed by atoms with van der Waals surface area (Å²) in [7, 11) is 0. The predicted octanol–water partition coefficient (Wildman–Crippen LogP) is 3.37. The number of halogens is 1. The van der Waals surface area contributed by atoms with Crippen LogP contribution in [-0.2, 0) is 4.79 Å². The van der Waals surface area contributed by atoms with E-state index in [1.807, 2.05) is 12.2 Å². The van der Waals surface area contributed by atoms with Crippen molar-refractivity contribution in [2.75, 3.05) is 12.3 Å². The highest BCUT2D eigenvalue weighted by atomic mass is 19.1. The third-order valence-corrected chi connectivity index (χ3v) is 6.47. The van der Waals surface area contributed by atoms with Crippen LogP contribution in [0.25, 0.3) is 0 Å². The van der Waals surface area contributed by atoms with Crippen LogP contribution in [0.5, 0.6) is 5.75 Å². The zero-order chi connectivity index (χ0) is 21.8. The summed E-state index contributed by atoms with van der Waals surface area (Å²) >= 11 is 0. The molecule has 0 saturated heterocycles. The molecule has 30 heavy (non-hydrogen) atoms. The van der Waals surface area contributed by atoms with E-state index < -0.39 is 17.5 Å². The van der Waals surface area contributed by atoms with Crippen molar-refractivity contribution in [2.45, 2.75) is 52.0 Å². The Hall–Kier alpha value is -2.57. The molecule has 7 heteroatoms. The number of aromatic hydroxyl groups is 1. The van der Waals surface area contributed by atoms with E-state index in [2.05, 4.69) is 24.5 Å². The van der Waals surface area contributed by atoms with Crippen LogP contribution in [0.1, 0.15) is 56.3 Å². The third kappa shape index (κ3) is 5.32. The van der Waals surface area contributed by atoms with Crippen LogP contribution in [0, 0.1) is 29.5 Å². The number of nitrogens with two attached hydrogens (primary N) is 1. The predicted molar refractivity (Wildman–Crippen MR) is 114 cm³/mol. The SMILES string of the molecule is CC(C)C1CCC(C(=O)NC[C@H]2C=C[C@@H](NC(=O)c3cc(N)c(O)c(F)c3)C2)CC1. The van der Waals surface area contributed by atoms with Gasteiger partial charge in [-0.15, -0.1) is 0 Å². The van der Waals surface area contributed by atoms with E-state index in [0.29, 0.717) is 18.9 Å². The van der Waals surface area contributed by atoms with Crippen LogP contribution in [0.4, 0.5) is 10.1 Å². The normalized spacial score (nSPS) is 26.0. The van der Waals surface area contributed by atoms with Gasteiger partial charge in [0.1, 0.15) is 0 Å². The number of phenols is 1. The van der Waals surface area contributed by atoms with Gasteiger partial charge in [-0.2, -0.15) is 0 Å². The van der Waals surface area contributed by atoms with Crippen molar-refractivity contribution in [1.29, 1.82) is 0 Å². The second-order valence-electron chi connectivity index (χ2n) is 8.96. The number of rotatable bonds is 6. The van der Waals surface area contributed by atoms with Crippen molar-refractivity contribution < 1.29 is 19.1 Å². The average molecular weight is 418 g/mol. The Morgan fingerprint density at radius 3 is 2.53 bits per heavy atom. The second kappa shape index (κ2) is 9.49. The van der Waals surface area contributed by atoms with Gasteiger partial charge in [0.2, 0.25) is 5.91 Å². The number of hydrogen-bond acceptors (Lipinski definition) is 4. The lowest BCUT2D eigenvalue weighted by Gasteiger charge is -2.30. The largest absolute Gasteiger partial charge is 0.503 e. The van der Waals surface area contributed by atoms with Crippen LogP contribution < -0.4 is 16.4 Å². The molecule has 2 aliphatic carbocycles. The molecule has 0 radical (unpaired) electrons. The molecule has 5 N–H and O–H groups in total. The Bertz CT molecular complexity index is 793. The molecule has 0 aromatic heterocycles. The van der Waals surface area contributed by atoms with Crippen LogP contribution in [0.15, 0.2) is 24.3 Å². The fraction of sp³-hybridized carbons (Fsp3) is 0.565. The molecule has 6 nitrogen and oxygen atoms in total. The minimum absolute atomic E-state index is 0.0601. The number of anilines is 1. The summed E-state index contributed by atoms with van der Waals surface area (Å²) in [6.07, 6.45) is 8.71. The van der Waals surface area contributed by atoms with Crippen molar-refractivity contribution in [1.82, 2.24) is 10.6 Å². The number of amides is 2. The summed E-state index contributed by atoms with van der Waals surface area (Å²) in [6, 6.07) is 2.02. The Labute approximate surface area is 177 Å². The fourth-order valence-electron chi connectivity index (χ4n) is 4.46. The average Bonchev–Trinajstić information content (AvgIpc) is 3.17. The molecule has 1 fully saturated rings. The van der Waals surface area contributed by atoms with E-state index in [9.17, 15) is 19.1 Å². The fourth-order valence-corrected chi connectivity index (χ4v) is 4.46. The zero-order valence-corrected chi connectivity index (χ0v) is 17.7. The highest BCUT2D eigenvalue weighted by Crippen LogP contribution is 2.33. The second-order valence-corrected chi connectivity index (χ2v) is 8.96. The lowest BCUT2D eigenvalue weighted by molar-refractivity contribution is -0.126. The number of nitrogens with one attached hydrogen (secondary N) is 2. The Morgan fingerprint density at radius 2 is 1.90 bits per heavy atom. The zero-order valence-electron chi connectivity index (χ0n) is 17.7. The van der Waals surface area contributed by atoms with Gasteiger partial charge in [-0.25, -0.2) is 4.39 Å². The van der Waals surface area contributed by atoms with Gasteiger partial charge < -0.3 is 21.5 Å². The van der Waals surface area contributed by atoms with Gasteiger partial charge in [0.25, 0.3) is 5.91 Å². The van der Waals surface area contributed by atoms with Crippen molar-refractivity contribution in [3.05, 3.63) is 35.7 Å². The molecule has 0 bridgehead atoms. The topological polar surface area (TPSA) is 104 Å². The molecule has 0 unspecified atom stereocenters. The van der Waals surface area contributed by atoms with E-state index >= 15 is 0 Å². The molecule has 2 amide bonds. The number of carbonyl (C=O) groups is 2. The third-order valence-electron chi connectivity index (χ3n) is 6.47. The highest BCUT2D eigenvalue weighted by molar-refractivity contribution is 5.95. The lowest BCUT2D eigenvalue weighted by Crippen LogP contribution is -2.37. The summed E-state index contributed by atoms with van der Waals surface area (Å²) in [6.45, 7) is 5.05. The van der Waals surface area contributed by atoms with E-state index in [0.717, 1.165) is 37.7 Å². The van der Waals surface area contributed by atoms with Crippen LogP contribution in [-0.4, -0.2) is 29.5 Å². The van der Waals surface area contributed by atoms with Gasteiger partial charge in [0, 0.05) is 24.1 Å². The van der Waals surface area contributed by atoms with Gasteiger partial charge in [-0.3, -0.25) is 9.59 Å².